The number of carbonyl (C=O) groups is 2. The Hall–Kier alpha value is -2.86. The smallest absolute Gasteiger partial charge is 0.260 e. The highest BCUT2D eigenvalue weighted by molar-refractivity contribution is 5.98. The maximum absolute atomic E-state index is 13.0. The second kappa shape index (κ2) is 9.09. The maximum atomic E-state index is 13.0. The molecular weight excluding hydrogens is 366 g/mol. The van der Waals surface area contributed by atoms with Crippen LogP contribution in [0.2, 0.25) is 0 Å². The fourth-order valence-corrected chi connectivity index (χ4v) is 3.61. The molecule has 3 N–H and O–H groups in total. The second-order valence-electron chi connectivity index (χ2n) is 7.68. The van der Waals surface area contributed by atoms with Crippen molar-refractivity contribution in [3.8, 4) is 5.75 Å². The summed E-state index contributed by atoms with van der Waals surface area (Å²) in [5.41, 5.74) is 8.53. The first-order valence-electron chi connectivity index (χ1n) is 10.1. The molecule has 6 heteroatoms. The summed E-state index contributed by atoms with van der Waals surface area (Å²) in [5.74, 6) is 0.0984. The normalized spacial score (nSPS) is 16.8. The van der Waals surface area contributed by atoms with E-state index in [4.69, 9.17) is 10.5 Å². The molecule has 0 radical (unpaired) electrons. The van der Waals surface area contributed by atoms with Gasteiger partial charge < -0.3 is 20.7 Å². The van der Waals surface area contributed by atoms with Crippen LogP contribution in [-0.4, -0.2) is 31.0 Å². The zero-order valence-corrected chi connectivity index (χ0v) is 17.2. The van der Waals surface area contributed by atoms with Crippen LogP contribution in [0.15, 0.2) is 48.5 Å². The van der Waals surface area contributed by atoms with Crippen LogP contribution >= 0.6 is 0 Å². The number of nitrogens with one attached hydrogen (secondary N) is 1. The van der Waals surface area contributed by atoms with E-state index in [1.165, 1.54) is 5.56 Å². The van der Waals surface area contributed by atoms with E-state index in [9.17, 15) is 9.59 Å². The molecule has 0 saturated heterocycles. The average molecular weight is 396 g/mol. The van der Waals surface area contributed by atoms with Crippen LogP contribution in [-0.2, 0) is 16.0 Å². The van der Waals surface area contributed by atoms with Crippen LogP contribution in [0.3, 0.4) is 0 Å². The molecule has 2 amide bonds. The number of carbonyl (C=O) groups excluding carboxylic acids is 2. The fraction of sp³-hybridized carbons (Fsp3) is 0.391. The lowest BCUT2D eigenvalue weighted by Gasteiger charge is -2.34. The van der Waals surface area contributed by atoms with Gasteiger partial charge in [0.25, 0.3) is 5.91 Å². The summed E-state index contributed by atoms with van der Waals surface area (Å²) in [7, 11) is 0. The molecule has 0 bridgehead atoms. The van der Waals surface area contributed by atoms with Crippen molar-refractivity contribution >= 4 is 17.5 Å². The number of amides is 2. The van der Waals surface area contributed by atoms with Crippen molar-refractivity contribution in [3.63, 3.8) is 0 Å². The van der Waals surface area contributed by atoms with Crippen molar-refractivity contribution in [3.05, 3.63) is 59.7 Å². The maximum Gasteiger partial charge on any atom is 0.260 e. The molecule has 0 aliphatic carbocycles. The molecule has 1 aliphatic heterocycles. The number of para-hydroxylation sites is 2. The Balaban J connectivity index is 1.74. The standard InChI is InChI=1S/C23H29N3O3/c1-4-16-9-11-17(12-10-16)22(15(2)3)25-13-21(27)26-14-20(23(24)28)29-19-8-6-5-7-18(19)26/h5-12,15,20,22,25H,4,13-14H2,1-3H3,(H2,24,28). The molecule has 0 spiro atoms. The Kier molecular flexibility index (Phi) is 6.54. The molecule has 154 valence electrons. The molecule has 0 saturated carbocycles. The highest BCUT2D eigenvalue weighted by Crippen LogP contribution is 2.33. The molecule has 2 aromatic rings. The molecule has 2 unspecified atom stereocenters. The fourth-order valence-electron chi connectivity index (χ4n) is 3.61. The number of nitrogens with zero attached hydrogens (tertiary/aromatic N) is 1. The van der Waals surface area contributed by atoms with E-state index in [-0.39, 0.29) is 25.0 Å². The van der Waals surface area contributed by atoms with Crippen molar-refractivity contribution in [2.45, 2.75) is 39.3 Å². The van der Waals surface area contributed by atoms with Crippen molar-refractivity contribution in [1.29, 1.82) is 0 Å². The molecule has 0 aromatic heterocycles. The minimum absolute atomic E-state index is 0.0491. The lowest BCUT2D eigenvalue weighted by atomic mass is 9.95. The van der Waals surface area contributed by atoms with Gasteiger partial charge in [-0.1, -0.05) is 57.2 Å². The van der Waals surface area contributed by atoms with E-state index in [2.05, 4.69) is 50.4 Å². The van der Waals surface area contributed by atoms with Crippen LogP contribution in [0.5, 0.6) is 5.75 Å². The van der Waals surface area contributed by atoms with Gasteiger partial charge in [-0.3, -0.25) is 9.59 Å². The van der Waals surface area contributed by atoms with Gasteiger partial charge in [0, 0.05) is 6.04 Å². The number of aryl methyl sites for hydroxylation is 1. The Bertz CT molecular complexity index is 864. The SMILES string of the molecule is CCc1ccc(C(NCC(=O)N2CC(C(N)=O)Oc3ccccc32)C(C)C)cc1. The van der Waals surface area contributed by atoms with E-state index in [1.54, 1.807) is 17.0 Å². The highest BCUT2D eigenvalue weighted by atomic mass is 16.5. The molecule has 3 rings (SSSR count). The number of benzene rings is 2. The number of ether oxygens (including phenoxy) is 1. The summed E-state index contributed by atoms with van der Waals surface area (Å²) >= 11 is 0. The van der Waals surface area contributed by atoms with Gasteiger partial charge in [0.1, 0.15) is 5.75 Å². The topological polar surface area (TPSA) is 84.7 Å². The summed E-state index contributed by atoms with van der Waals surface area (Å²) in [5, 5.41) is 3.40. The van der Waals surface area contributed by atoms with E-state index >= 15 is 0 Å². The number of hydrogen-bond donors (Lipinski definition) is 2. The van der Waals surface area contributed by atoms with E-state index in [0.29, 0.717) is 17.4 Å². The van der Waals surface area contributed by atoms with Crippen LogP contribution in [0.25, 0.3) is 0 Å². The summed E-state index contributed by atoms with van der Waals surface area (Å²) < 4.78 is 5.64. The summed E-state index contributed by atoms with van der Waals surface area (Å²) in [6, 6.07) is 15.7. The Morgan fingerprint density at radius 1 is 1.17 bits per heavy atom. The summed E-state index contributed by atoms with van der Waals surface area (Å²) in [6.07, 6.45) is 0.145. The number of primary amides is 1. The molecule has 29 heavy (non-hydrogen) atoms. The van der Waals surface area contributed by atoms with Crippen molar-refractivity contribution in [1.82, 2.24) is 5.32 Å². The van der Waals surface area contributed by atoms with E-state index in [1.807, 2.05) is 12.1 Å². The van der Waals surface area contributed by atoms with Crippen LogP contribution in [0.4, 0.5) is 5.69 Å². The third-order valence-corrected chi connectivity index (χ3v) is 5.28. The van der Waals surface area contributed by atoms with Crippen molar-refractivity contribution in [2.75, 3.05) is 18.0 Å². The van der Waals surface area contributed by atoms with Gasteiger partial charge in [0.05, 0.1) is 18.8 Å². The Labute approximate surface area is 172 Å². The van der Waals surface area contributed by atoms with Crippen LogP contribution in [0.1, 0.15) is 37.9 Å². The van der Waals surface area contributed by atoms with Crippen LogP contribution in [0, 0.1) is 5.92 Å². The van der Waals surface area contributed by atoms with E-state index in [0.717, 1.165) is 12.0 Å². The molecule has 6 nitrogen and oxygen atoms in total. The first-order chi connectivity index (χ1) is 13.9. The van der Waals surface area contributed by atoms with Crippen molar-refractivity contribution in [2.24, 2.45) is 11.7 Å². The quantitative estimate of drug-likeness (QED) is 0.755. The first kappa shape index (κ1) is 20.9. The number of fused-ring (bicyclic) bond motifs is 1. The molecule has 2 aromatic carbocycles. The second-order valence-corrected chi connectivity index (χ2v) is 7.68. The zero-order chi connectivity index (χ0) is 21.0. The van der Waals surface area contributed by atoms with Gasteiger partial charge in [-0.2, -0.15) is 0 Å². The first-order valence-corrected chi connectivity index (χ1v) is 10.1. The lowest BCUT2D eigenvalue weighted by molar-refractivity contribution is -0.125. The van der Waals surface area contributed by atoms with Gasteiger partial charge in [0.15, 0.2) is 6.10 Å². The monoisotopic (exact) mass is 395 g/mol. The predicted molar refractivity (Wildman–Crippen MR) is 114 cm³/mol. The van der Waals surface area contributed by atoms with Gasteiger partial charge in [-0.05, 0) is 35.6 Å². The van der Waals surface area contributed by atoms with Gasteiger partial charge in [0.2, 0.25) is 5.91 Å². The minimum atomic E-state index is -0.851. The molecule has 2 atom stereocenters. The molecule has 0 fully saturated rings. The summed E-state index contributed by atoms with van der Waals surface area (Å²) in [4.78, 5) is 26.3. The van der Waals surface area contributed by atoms with Gasteiger partial charge >= 0.3 is 0 Å². The Morgan fingerprint density at radius 2 is 1.86 bits per heavy atom. The van der Waals surface area contributed by atoms with Crippen LogP contribution < -0.4 is 20.7 Å². The third kappa shape index (κ3) is 4.77. The number of anilines is 1. The largest absolute Gasteiger partial charge is 0.477 e. The molecule has 1 heterocycles. The highest BCUT2D eigenvalue weighted by Gasteiger charge is 2.32. The predicted octanol–water partition coefficient (Wildman–Crippen LogP) is 2.82. The number of nitrogens with two attached hydrogens (primary N) is 1. The van der Waals surface area contributed by atoms with E-state index < -0.39 is 12.0 Å². The van der Waals surface area contributed by atoms with Gasteiger partial charge in [-0.15, -0.1) is 0 Å². The molecular formula is C23H29N3O3. The lowest BCUT2D eigenvalue weighted by Crippen LogP contribution is -2.51. The average Bonchev–Trinajstić information content (AvgIpc) is 2.73. The van der Waals surface area contributed by atoms with Gasteiger partial charge in [-0.25, -0.2) is 0 Å². The Morgan fingerprint density at radius 3 is 2.48 bits per heavy atom. The summed E-state index contributed by atoms with van der Waals surface area (Å²) in [6.45, 7) is 6.65. The zero-order valence-electron chi connectivity index (χ0n) is 17.2. The number of hydrogen-bond acceptors (Lipinski definition) is 4. The minimum Gasteiger partial charge on any atom is -0.477 e. The third-order valence-electron chi connectivity index (χ3n) is 5.28. The van der Waals surface area contributed by atoms with Crippen molar-refractivity contribution < 1.29 is 14.3 Å². The molecule has 1 aliphatic rings. The number of rotatable bonds is 7.